The number of ether oxygens (including phenoxy) is 2. The highest BCUT2D eigenvalue weighted by Crippen LogP contribution is 2.30. The summed E-state index contributed by atoms with van der Waals surface area (Å²) >= 11 is 0. The Morgan fingerprint density at radius 3 is 2.37 bits per heavy atom. The van der Waals surface area contributed by atoms with Crippen LogP contribution in [0.5, 0.6) is 11.5 Å². The second-order valence-corrected chi connectivity index (χ2v) is 7.62. The van der Waals surface area contributed by atoms with Crippen LogP contribution >= 0.6 is 0 Å². The highest BCUT2D eigenvalue weighted by Gasteiger charge is 2.12. The summed E-state index contributed by atoms with van der Waals surface area (Å²) in [6.45, 7) is 8.26. The lowest BCUT2D eigenvalue weighted by atomic mass is 10.0. The van der Waals surface area contributed by atoms with Crippen LogP contribution in [0.25, 0.3) is 0 Å². The van der Waals surface area contributed by atoms with E-state index < -0.39 is 0 Å². The lowest BCUT2D eigenvalue weighted by molar-refractivity contribution is 0.269. The number of nitrogens with one attached hydrogen (secondary N) is 1. The lowest BCUT2D eigenvalue weighted by Gasteiger charge is -2.19. The molecule has 0 aliphatic carbocycles. The van der Waals surface area contributed by atoms with Gasteiger partial charge in [0.15, 0.2) is 11.5 Å². The predicted molar refractivity (Wildman–Crippen MR) is 124 cm³/mol. The quantitative estimate of drug-likeness (QED) is 0.391. The van der Waals surface area contributed by atoms with Crippen LogP contribution in [0.15, 0.2) is 72.8 Å². The summed E-state index contributed by atoms with van der Waals surface area (Å²) < 4.78 is 11.9. The van der Waals surface area contributed by atoms with Crippen LogP contribution in [-0.2, 0) is 13.2 Å². The first-order valence-electron chi connectivity index (χ1n) is 10.9. The second-order valence-electron chi connectivity index (χ2n) is 7.62. The van der Waals surface area contributed by atoms with Gasteiger partial charge in [0.1, 0.15) is 6.61 Å². The standard InChI is InChI=1S/C27H33NO2/c1-4-10-25(24-13-7-6-8-14-24)28-19-22-15-16-26(27(18-22)29-5-2)30-20-23-12-9-11-21(3)17-23/h6-9,11-18,25,28H,4-5,10,19-20H2,1-3H3. The number of benzene rings is 3. The van der Waals surface area contributed by atoms with Gasteiger partial charge in [0.2, 0.25) is 0 Å². The zero-order chi connectivity index (χ0) is 21.2. The smallest absolute Gasteiger partial charge is 0.161 e. The first kappa shape index (κ1) is 21.9. The van der Waals surface area contributed by atoms with E-state index in [4.69, 9.17) is 9.47 Å². The van der Waals surface area contributed by atoms with Gasteiger partial charge in [-0.05, 0) is 49.1 Å². The van der Waals surface area contributed by atoms with Crippen molar-refractivity contribution < 1.29 is 9.47 Å². The van der Waals surface area contributed by atoms with E-state index in [9.17, 15) is 0 Å². The van der Waals surface area contributed by atoms with Crippen LogP contribution in [0.1, 0.15) is 55.0 Å². The third-order valence-corrected chi connectivity index (χ3v) is 5.12. The number of rotatable bonds is 11. The van der Waals surface area contributed by atoms with Gasteiger partial charge in [0.25, 0.3) is 0 Å². The van der Waals surface area contributed by atoms with Crippen molar-refractivity contribution in [2.75, 3.05) is 6.61 Å². The minimum atomic E-state index is 0.351. The van der Waals surface area contributed by atoms with Gasteiger partial charge >= 0.3 is 0 Å². The van der Waals surface area contributed by atoms with Gasteiger partial charge in [0, 0.05) is 12.6 Å². The topological polar surface area (TPSA) is 30.5 Å². The van der Waals surface area contributed by atoms with Gasteiger partial charge in [0.05, 0.1) is 6.61 Å². The highest BCUT2D eigenvalue weighted by molar-refractivity contribution is 5.43. The van der Waals surface area contributed by atoms with Crippen LogP contribution in [0, 0.1) is 6.92 Å². The van der Waals surface area contributed by atoms with Gasteiger partial charge in [-0.1, -0.05) is 79.6 Å². The monoisotopic (exact) mass is 403 g/mol. The molecule has 0 heterocycles. The maximum Gasteiger partial charge on any atom is 0.161 e. The molecule has 30 heavy (non-hydrogen) atoms. The van der Waals surface area contributed by atoms with Gasteiger partial charge in [-0.3, -0.25) is 0 Å². The molecule has 0 spiro atoms. The Balaban J connectivity index is 1.67. The molecular formula is C27H33NO2. The summed E-state index contributed by atoms with van der Waals surface area (Å²) in [5.74, 6) is 1.59. The normalized spacial score (nSPS) is 11.8. The fourth-order valence-corrected chi connectivity index (χ4v) is 3.61. The highest BCUT2D eigenvalue weighted by atomic mass is 16.5. The Morgan fingerprint density at radius 2 is 1.63 bits per heavy atom. The molecule has 0 aromatic heterocycles. The zero-order valence-corrected chi connectivity index (χ0v) is 18.4. The van der Waals surface area contributed by atoms with Crippen molar-refractivity contribution in [3.63, 3.8) is 0 Å². The van der Waals surface area contributed by atoms with Gasteiger partial charge < -0.3 is 14.8 Å². The number of hydrogen-bond donors (Lipinski definition) is 1. The van der Waals surface area contributed by atoms with Crippen LogP contribution < -0.4 is 14.8 Å². The average Bonchev–Trinajstić information content (AvgIpc) is 2.77. The second kappa shape index (κ2) is 11.4. The van der Waals surface area contributed by atoms with E-state index in [1.165, 1.54) is 16.7 Å². The number of aryl methyl sites for hydroxylation is 1. The van der Waals surface area contributed by atoms with E-state index in [-0.39, 0.29) is 0 Å². The van der Waals surface area contributed by atoms with Crippen LogP contribution in [0.3, 0.4) is 0 Å². The van der Waals surface area contributed by atoms with E-state index in [2.05, 4.69) is 85.9 Å². The first-order chi connectivity index (χ1) is 14.7. The van der Waals surface area contributed by atoms with E-state index in [1.807, 2.05) is 13.0 Å². The molecule has 0 amide bonds. The summed E-state index contributed by atoms with van der Waals surface area (Å²) in [5, 5.41) is 3.71. The molecule has 0 aliphatic rings. The molecule has 0 saturated heterocycles. The summed E-state index contributed by atoms with van der Waals surface area (Å²) in [6, 6.07) is 25.6. The average molecular weight is 404 g/mol. The molecule has 0 saturated carbocycles. The molecule has 3 aromatic rings. The van der Waals surface area contributed by atoms with Crippen molar-refractivity contribution in [3.8, 4) is 11.5 Å². The van der Waals surface area contributed by atoms with Crippen molar-refractivity contribution in [1.82, 2.24) is 5.32 Å². The predicted octanol–water partition coefficient (Wildman–Crippen LogP) is 6.60. The van der Waals surface area contributed by atoms with Crippen LogP contribution in [-0.4, -0.2) is 6.61 Å². The van der Waals surface area contributed by atoms with E-state index in [1.54, 1.807) is 0 Å². The third kappa shape index (κ3) is 6.36. The molecule has 3 rings (SSSR count). The summed E-state index contributed by atoms with van der Waals surface area (Å²) in [5.41, 5.74) is 4.93. The molecular weight excluding hydrogens is 370 g/mol. The number of hydrogen-bond acceptors (Lipinski definition) is 3. The molecule has 0 aliphatic heterocycles. The largest absolute Gasteiger partial charge is 0.490 e. The lowest BCUT2D eigenvalue weighted by Crippen LogP contribution is -2.20. The van der Waals surface area contributed by atoms with Gasteiger partial charge in [-0.2, -0.15) is 0 Å². The molecule has 3 aromatic carbocycles. The maximum absolute atomic E-state index is 6.07. The zero-order valence-electron chi connectivity index (χ0n) is 18.4. The van der Waals surface area contributed by atoms with E-state index in [0.717, 1.165) is 36.4 Å². The van der Waals surface area contributed by atoms with Crippen molar-refractivity contribution in [1.29, 1.82) is 0 Å². The summed E-state index contributed by atoms with van der Waals surface area (Å²) in [4.78, 5) is 0. The Labute approximate surface area is 181 Å². The SMILES string of the molecule is CCCC(NCc1ccc(OCc2cccc(C)c2)c(OCC)c1)c1ccccc1. The van der Waals surface area contributed by atoms with Crippen molar-refractivity contribution in [2.24, 2.45) is 0 Å². The minimum absolute atomic E-state index is 0.351. The van der Waals surface area contributed by atoms with Crippen molar-refractivity contribution >= 4 is 0 Å². The van der Waals surface area contributed by atoms with E-state index in [0.29, 0.717) is 19.3 Å². The first-order valence-corrected chi connectivity index (χ1v) is 10.9. The summed E-state index contributed by atoms with van der Waals surface area (Å²) in [7, 11) is 0. The maximum atomic E-state index is 6.07. The van der Waals surface area contributed by atoms with Crippen LogP contribution in [0.4, 0.5) is 0 Å². The molecule has 0 radical (unpaired) electrons. The molecule has 1 unspecified atom stereocenters. The Morgan fingerprint density at radius 1 is 0.800 bits per heavy atom. The van der Waals surface area contributed by atoms with Crippen molar-refractivity contribution in [2.45, 2.75) is 52.8 Å². The van der Waals surface area contributed by atoms with Crippen LogP contribution in [0.2, 0.25) is 0 Å². The van der Waals surface area contributed by atoms with Crippen molar-refractivity contribution in [3.05, 3.63) is 95.1 Å². The molecule has 1 atom stereocenters. The van der Waals surface area contributed by atoms with Gasteiger partial charge in [-0.25, -0.2) is 0 Å². The Kier molecular flexibility index (Phi) is 8.34. The molecule has 3 heteroatoms. The molecule has 0 fully saturated rings. The third-order valence-electron chi connectivity index (χ3n) is 5.12. The molecule has 1 N–H and O–H groups in total. The van der Waals surface area contributed by atoms with E-state index >= 15 is 0 Å². The van der Waals surface area contributed by atoms with Gasteiger partial charge in [-0.15, -0.1) is 0 Å². The molecule has 158 valence electrons. The fourth-order valence-electron chi connectivity index (χ4n) is 3.61. The molecule has 3 nitrogen and oxygen atoms in total. The Bertz CT molecular complexity index is 908. The Hall–Kier alpha value is -2.78. The summed E-state index contributed by atoms with van der Waals surface area (Å²) in [6.07, 6.45) is 2.25. The molecule has 0 bridgehead atoms. The fraction of sp³-hybridized carbons (Fsp3) is 0.333. The minimum Gasteiger partial charge on any atom is -0.490 e.